The molecule has 0 atom stereocenters. The van der Waals surface area contributed by atoms with E-state index in [4.69, 9.17) is 0 Å². The molecule has 0 aliphatic carbocycles. The Balaban J connectivity index is 1.43. The number of hydrogen-bond donors (Lipinski definition) is 0. The summed E-state index contributed by atoms with van der Waals surface area (Å²) in [5.74, 6) is -0.432. The van der Waals surface area contributed by atoms with Gasteiger partial charge in [-0.1, -0.05) is 12.1 Å². The molecule has 156 valence electrons. The van der Waals surface area contributed by atoms with Crippen LogP contribution in [0.5, 0.6) is 0 Å². The molecule has 6 heteroatoms. The molecule has 1 aromatic heterocycles. The van der Waals surface area contributed by atoms with Crippen molar-refractivity contribution < 1.29 is 13.6 Å². The van der Waals surface area contributed by atoms with Crippen LogP contribution in [-0.4, -0.2) is 48.0 Å². The highest BCUT2D eigenvalue weighted by molar-refractivity contribution is 5.99. The summed E-state index contributed by atoms with van der Waals surface area (Å²) in [4.78, 5) is 17.1. The minimum Gasteiger partial charge on any atom is -0.367 e. The molecule has 3 aromatic rings. The van der Waals surface area contributed by atoms with E-state index in [1.54, 1.807) is 24.3 Å². The Bertz CT molecular complexity index is 1050. The first kappa shape index (κ1) is 20.3. The van der Waals surface area contributed by atoms with Gasteiger partial charge in [0.05, 0.1) is 12.2 Å². The smallest absolute Gasteiger partial charge is 0.178 e. The predicted molar refractivity (Wildman–Crippen MR) is 115 cm³/mol. The number of Topliss-reactive ketones (excluding diaryl/α,β-unsaturated/α-hetero) is 1. The van der Waals surface area contributed by atoms with E-state index < -0.39 is 0 Å². The maximum absolute atomic E-state index is 14.0. The maximum Gasteiger partial charge on any atom is 0.178 e. The van der Waals surface area contributed by atoms with Crippen molar-refractivity contribution >= 4 is 11.5 Å². The lowest BCUT2D eigenvalue weighted by molar-refractivity contribution is 0.0925. The van der Waals surface area contributed by atoms with Crippen LogP contribution in [0.15, 0.2) is 54.6 Å². The van der Waals surface area contributed by atoms with Gasteiger partial charge in [0.1, 0.15) is 11.6 Å². The number of aryl methyl sites for hydroxylation is 1. The molecule has 30 heavy (non-hydrogen) atoms. The highest BCUT2D eigenvalue weighted by Gasteiger charge is 2.23. The third-order valence-corrected chi connectivity index (χ3v) is 5.75. The fourth-order valence-corrected chi connectivity index (χ4v) is 4.18. The summed E-state index contributed by atoms with van der Waals surface area (Å²) in [6, 6.07) is 15.0. The van der Waals surface area contributed by atoms with E-state index in [0.717, 1.165) is 17.1 Å². The molecule has 2 heterocycles. The van der Waals surface area contributed by atoms with Crippen LogP contribution in [-0.2, 0) is 0 Å². The summed E-state index contributed by atoms with van der Waals surface area (Å²) in [5.41, 5.74) is 3.93. The Morgan fingerprint density at radius 1 is 0.933 bits per heavy atom. The topological polar surface area (TPSA) is 28.5 Å². The van der Waals surface area contributed by atoms with Crippen molar-refractivity contribution in [2.75, 3.05) is 37.6 Å². The molecule has 0 amide bonds. The first-order valence-corrected chi connectivity index (χ1v) is 10.1. The van der Waals surface area contributed by atoms with Gasteiger partial charge in [0, 0.05) is 48.8 Å². The van der Waals surface area contributed by atoms with Crippen LogP contribution in [0.2, 0.25) is 0 Å². The molecule has 0 radical (unpaired) electrons. The second-order valence-electron chi connectivity index (χ2n) is 7.73. The van der Waals surface area contributed by atoms with E-state index in [1.165, 1.54) is 18.2 Å². The summed E-state index contributed by atoms with van der Waals surface area (Å²) in [7, 11) is 0. The summed E-state index contributed by atoms with van der Waals surface area (Å²) < 4.78 is 29.3. The molecular formula is C24H25F2N3O. The summed E-state index contributed by atoms with van der Waals surface area (Å²) >= 11 is 0. The third-order valence-electron chi connectivity index (χ3n) is 5.75. The van der Waals surface area contributed by atoms with Crippen LogP contribution >= 0.6 is 0 Å². The average Bonchev–Trinajstić information content (AvgIpc) is 3.04. The van der Waals surface area contributed by atoms with Gasteiger partial charge in [-0.15, -0.1) is 0 Å². The van der Waals surface area contributed by atoms with Gasteiger partial charge in [0.15, 0.2) is 5.78 Å². The fraction of sp³-hybridized carbons (Fsp3) is 0.292. The van der Waals surface area contributed by atoms with Gasteiger partial charge in [-0.3, -0.25) is 9.69 Å². The SMILES string of the molecule is Cc1cc(C(=O)CN2CCN(c3ccccc3F)CC2)c(C)n1-c1ccc(F)cc1. The molecule has 4 nitrogen and oxygen atoms in total. The molecule has 1 aliphatic rings. The van der Waals surface area contributed by atoms with Gasteiger partial charge in [-0.05, 0) is 56.3 Å². The number of halogens is 2. The Labute approximate surface area is 175 Å². The molecule has 0 spiro atoms. The lowest BCUT2D eigenvalue weighted by Gasteiger charge is -2.35. The lowest BCUT2D eigenvalue weighted by Crippen LogP contribution is -2.48. The largest absolute Gasteiger partial charge is 0.367 e. The van der Waals surface area contributed by atoms with Gasteiger partial charge in [0.2, 0.25) is 0 Å². The maximum atomic E-state index is 14.0. The number of hydrogen-bond acceptors (Lipinski definition) is 3. The van der Waals surface area contributed by atoms with Gasteiger partial charge < -0.3 is 9.47 Å². The van der Waals surface area contributed by atoms with Crippen molar-refractivity contribution in [2.45, 2.75) is 13.8 Å². The first-order chi connectivity index (χ1) is 14.4. The van der Waals surface area contributed by atoms with E-state index in [1.807, 2.05) is 35.4 Å². The van der Waals surface area contributed by atoms with E-state index in [2.05, 4.69) is 4.90 Å². The molecular weight excluding hydrogens is 384 g/mol. The third kappa shape index (κ3) is 4.00. The van der Waals surface area contributed by atoms with Gasteiger partial charge in [-0.25, -0.2) is 8.78 Å². The zero-order valence-electron chi connectivity index (χ0n) is 17.2. The van der Waals surface area contributed by atoms with E-state index in [0.29, 0.717) is 44.0 Å². The minimum absolute atomic E-state index is 0.0656. The molecule has 2 aromatic carbocycles. The number of piperazine rings is 1. The average molecular weight is 409 g/mol. The Hall–Kier alpha value is -2.99. The van der Waals surface area contributed by atoms with Gasteiger partial charge in [0.25, 0.3) is 0 Å². The molecule has 1 saturated heterocycles. The molecule has 0 N–H and O–H groups in total. The van der Waals surface area contributed by atoms with Crippen LogP contribution < -0.4 is 4.90 Å². The molecule has 0 bridgehead atoms. The zero-order chi connectivity index (χ0) is 21.3. The number of ketones is 1. The Kier molecular flexibility index (Phi) is 5.68. The van der Waals surface area contributed by atoms with Gasteiger partial charge in [-0.2, -0.15) is 0 Å². The number of rotatable bonds is 5. The number of aromatic nitrogens is 1. The Morgan fingerprint density at radius 3 is 2.27 bits per heavy atom. The van der Waals surface area contributed by atoms with Crippen LogP contribution in [0.25, 0.3) is 5.69 Å². The summed E-state index contributed by atoms with van der Waals surface area (Å²) in [6.45, 7) is 6.97. The van der Waals surface area contributed by atoms with E-state index in [9.17, 15) is 13.6 Å². The zero-order valence-corrected chi connectivity index (χ0v) is 17.2. The summed E-state index contributed by atoms with van der Waals surface area (Å²) in [6.07, 6.45) is 0. The second kappa shape index (κ2) is 8.40. The van der Waals surface area contributed by atoms with Crippen LogP contribution in [0.1, 0.15) is 21.7 Å². The Morgan fingerprint density at radius 2 is 1.60 bits per heavy atom. The molecule has 1 aliphatic heterocycles. The normalized spacial score (nSPS) is 14.9. The van der Waals surface area contributed by atoms with Crippen LogP contribution in [0.4, 0.5) is 14.5 Å². The van der Waals surface area contributed by atoms with Gasteiger partial charge >= 0.3 is 0 Å². The second-order valence-corrected chi connectivity index (χ2v) is 7.73. The van der Waals surface area contributed by atoms with Crippen molar-refractivity contribution in [1.29, 1.82) is 0 Å². The molecule has 0 saturated carbocycles. The monoisotopic (exact) mass is 409 g/mol. The standard InChI is InChI=1S/C24H25F2N3O/c1-17-15-21(18(2)29(17)20-9-7-19(25)8-10-20)24(30)16-27-11-13-28(14-12-27)23-6-4-3-5-22(23)26/h3-10,15H,11-14,16H2,1-2H3. The number of para-hydroxylation sites is 1. The van der Waals surface area contributed by atoms with E-state index >= 15 is 0 Å². The first-order valence-electron chi connectivity index (χ1n) is 10.1. The molecule has 1 fully saturated rings. The van der Waals surface area contributed by atoms with Crippen molar-refractivity contribution in [1.82, 2.24) is 9.47 Å². The van der Waals surface area contributed by atoms with Crippen molar-refractivity contribution in [3.63, 3.8) is 0 Å². The summed E-state index contributed by atoms with van der Waals surface area (Å²) in [5, 5.41) is 0. The van der Waals surface area contributed by atoms with Crippen LogP contribution in [0.3, 0.4) is 0 Å². The number of nitrogens with zero attached hydrogens (tertiary/aromatic N) is 3. The molecule has 4 rings (SSSR count). The number of anilines is 1. The quantitative estimate of drug-likeness (QED) is 0.586. The number of carbonyl (C=O) groups is 1. The van der Waals surface area contributed by atoms with Crippen molar-refractivity contribution in [3.05, 3.63) is 83.2 Å². The van der Waals surface area contributed by atoms with E-state index in [-0.39, 0.29) is 17.4 Å². The lowest BCUT2D eigenvalue weighted by atomic mass is 10.1. The number of benzene rings is 2. The minimum atomic E-state index is -0.285. The fourth-order valence-electron chi connectivity index (χ4n) is 4.18. The van der Waals surface area contributed by atoms with Crippen LogP contribution in [0, 0.1) is 25.5 Å². The van der Waals surface area contributed by atoms with Crippen molar-refractivity contribution in [2.24, 2.45) is 0 Å². The van der Waals surface area contributed by atoms with Crippen molar-refractivity contribution in [3.8, 4) is 5.69 Å². The number of carbonyl (C=O) groups excluding carboxylic acids is 1. The highest BCUT2D eigenvalue weighted by Crippen LogP contribution is 2.23. The molecule has 0 unspecified atom stereocenters. The predicted octanol–water partition coefficient (Wildman–Crippen LogP) is 4.38. The highest BCUT2D eigenvalue weighted by atomic mass is 19.1.